The molecule has 4 nitrogen and oxygen atoms in total. The molecule has 1 amide bonds. The maximum absolute atomic E-state index is 13.8. The third-order valence-corrected chi connectivity index (χ3v) is 3.40. The van der Waals surface area contributed by atoms with Crippen LogP contribution >= 0.6 is 15.9 Å². The average molecular weight is 386 g/mol. The lowest BCUT2D eigenvalue weighted by molar-refractivity contribution is 0.102. The molecule has 1 N–H and O–H groups in total. The van der Waals surface area contributed by atoms with Gasteiger partial charge in [-0.25, -0.2) is 8.78 Å². The average Bonchev–Trinajstić information content (AvgIpc) is 2.49. The summed E-state index contributed by atoms with van der Waals surface area (Å²) in [5.41, 5.74) is -0.0336. The molecule has 23 heavy (non-hydrogen) atoms. The monoisotopic (exact) mass is 385 g/mol. The number of nitrogens with one attached hydrogen (secondary N) is 1. The van der Waals surface area contributed by atoms with Crippen molar-refractivity contribution >= 4 is 27.5 Å². The van der Waals surface area contributed by atoms with Crippen molar-refractivity contribution in [3.05, 3.63) is 58.1 Å². The van der Waals surface area contributed by atoms with Gasteiger partial charge >= 0.3 is 0 Å². The third kappa shape index (κ3) is 4.74. The Kier molecular flexibility index (Phi) is 6.06. The molecule has 0 aromatic heterocycles. The van der Waals surface area contributed by atoms with E-state index in [-0.39, 0.29) is 23.6 Å². The molecule has 0 aliphatic rings. The summed E-state index contributed by atoms with van der Waals surface area (Å²) in [4.78, 5) is 12.2. The Morgan fingerprint density at radius 2 is 1.96 bits per heavy atom. The van der Waals surface area contributed by atoms with Gasteiger partial charge in [-0.15, -0.1) is 0 Å². The van der Waals surface area contributed by atoms with Gasteiger partial charge in [0.05, 0.1) is 17.9 Å². The fourth-order valence-corrected chi connectivity index (χ4v) is 2.16. The first-order valence-corrected chi connectivity index (χ1v) is 7.48. The van der Waals surface area contributed by atoms with Gasteiger partial charge in [-0.1, -0.05) is 15.9 Å². The van der Waals surface area contributed by atoms with Crippen LogP contribution in [-0.4, -0.2) is 26.2 Å². The minimum atomic E-state index is -0.697. The third-order valence-electron chi connectivity index (χ3n) is 2.91. The van der Waals surface area contributed by atoms with Gasteiger partial charge in [0.1, 0.15) is 24.0 Å². The first-order valence-electron chi connectivity index (χ1n) is 6.69. The van der Waals surface area contributed by atoms with E-state index >= 15 is 0 Å². The lowest BCUT2D eigenvalue weighted by Gasteiger charge is -2.13. The van der Waals surface area contributed by atoms with Crippen molar-refractivity contribution < 1.29 is 23.0 Å². The lowest BCUT2D eigenvalue weighted by atomic mass is 10.2. The van der Waals surface area contributed by atoms with E-state index < -0.39 is 17.5 Å². The van der Waals surface area contributed by atoms with Crippen molar-refractivity contribution in [2.75, 3.05) is 25.6 Å². The molecule has 0 bridgehead atoms. The largest absolute Gasteiger partial charge is 0.489 e. The van der Waals surface area contributed by atoms with Crippen molar-refractivity contribution in [2.45, 2.75) is 0 Å². The van der Waals surface area contributed by atoms with Crippen LogP contribution in [0.2, 0.25) is 0 Å². The Morgan fingerprint density at radius 3 is 2.65 bits per heavy atom. The zero-order chi connectivity index (χ0) is 16.8. The summed E-state index contributed by atoms with van der Waals surface area (Å²) in [7, 11) is 1.52. The van der Waals surface area contributed by atoms with E-state index in [4.69, 9.17) is 9.47 Å². The number of rotatable bonds is 6. The van der Waals surface area contributed by atoms with Crippen molar-refractivity contribution in [1.82, 2.24) is 0 Å². The van der Waals surface area contributed by atoms with Crippen LogP contribution in [0.4, 0.5) is 14.5 Å². The molecular formula is C16H14BrF2NO3. The highest BCUT2D eigenvalue weighted by Crippen LogP contribution is 2.26. The molecule has 0 saturated heterocycles. The van der Waals surface area contributed by atoms with Gasteiger partial charge in [-0.2, -0.15) is 0 Å². The van der Waals surface area contributed by atoms with Gasteiger partial charge in [-0.3, -0.25) is 4.79 Å². The number of hydrogen-bond donors (Lipinski definition) is 1. The van der Waals surface area contributed by atoms with Crippen LogP contribution in [0.3, 0.4) is 0 Å². The summed E-state index contributed by atoms with van der Waals surface area (Å²) < 4.78 is 38.0. The summed E-state index contributed by atoms with van der Waals surface area (Å²) in [5, 5.41) is 2.45. The Balaban J connectivity index is 2.20. The topological polar surface area (TPSA) is 47.6 Å². The Labute approximate surface area is 140 Å². The minimum absolute atomic E-state index is 0.119. The van der Waals surface area contributed by atoms with E-state index in [1.807, 2.05) is 0 Å². The molecule has 0 aliphatic carbocycles. The lowest BCUT2D eigenvalue weighted by Crippen LogP contribution is -2.15. The van der Waals surface area contributed by atoms with Gasteiger partial charge in [0, 0.05) is 17.6 Å². The summed E-state index contributed by atoms with van der Waals surface area (Å²) in [6.07, 6.45) is 0. The predicted octanol–water partition coefficient (Wildman–Crippen LogP) is 4.00. The fourth-order valence-electron chi connectivity index (χ4n) is 1.82. The maximum atomic E-state index is 13.8. The molecule has 2 aromatic rings. The number of ether oxygens (including phenoxy) is 2. The predicted molar refractivity (Wildman–Crippen MR) is 85.8 cm³/mol. The van der Waals surface area contributed by atoms with Gasteiger partial charge in [0.15, 0.2) is 0 Å². The molecule has 0 aliphatic heterocycles. The SMILES string of the molecule is COCCOc1ccc(F)cc1NC(=O)c1ccc(Br)cc1F. The van der Waals surface area contributed by atoms with E-state index in [9.17, 15) is 13.6 Å². The molecule has 0 atom stereocenters. The second kappa shape index (κ2) is 8.03. The van der Waals surface area contributed by atoms with Gasteiger partial charge < -0.3 is 14.8 Å². The van der Waals surface area contributed by atoms with E-state index in [2.05, 4.69) is 21.2 Å². The molecule has 0 fully saturated rings. The standard InChI is InChI=1S/C16H14BrF2NO3/c1-22-6-7-23-15-5-3-11(18)9-14(15)20-16(21)12-4-2-10(17)8-13(12)19/h2-5,8-9H,6-7H2,1H3,(H,20,21). The molecule has 0 saturated carbocycles. The summed E-state index contributed by atoms with van der Waals surface area (Å²) >= 11 is 3.12. The van der Waals surface area contributed by atoms with E-state index in [0.717, 1.165) is 6.07 Å². The van der Waals surface area contributed by atoms with Gasteiger partial charge in [-0.05, 0) is 30.3 Å². The number of carbonyl (C=O) groups is 1. The van der Waals surface area contributed by atoms with Crippen LogP contribution in [0.1, 0.15) is 10.4 Å². The number of amides is 1. The van der Waals surface area contributed by atoms with Crippen LogP contribution < -0.4 is 10.1 Å². The second-order valence-electron chi connectivity index (χ2n) is 4.56. The molecule has 2 rings (SSSR count). The second-order valence-corrected chi connectivity index (χ2v) is 5.48. The molecule has 0 heterocycles. The highest BCUT2D eigenvalue weighted by atomic mass is 79.9. The molecule has 0 spiro atoms. The summed E-state index contributed by atoms with van der Waals surface area (Å²) in [5.74, 6) is -1.66. The normalized spacial score (nSPS) is 10.4. The first-order chi connectivity index (χ1) is 11.0. The number of hydrogen-bond acceptors (Lipinski definition) is 3. The fraction of sp³-hybridized carbons (Fsp3) is 0.188. The zero-order valence-electron chi connectivity index (χ0n) is 12.2. The van der Waals surface area contributed by atoms with Crippen molar-refractivity contribution in [2.24, 2.45) is 0 Å². The van der Waals surface area contributed by atoms with Crippen LogP contribution in [-0.2, 0) is 4.74 Å². The number of methoxy groups -OCH3 is 1. The van der Waals surface area contributed by atoms with Crippen molar-refractivity contribution in [3.63, 3.8) is 0 Å². The van der Waals surface area contributed by atoms with E-state index in [1.165, 1.54) is 31.4 Å². The first kappa shape index (κ1) is 17.4. The van der Waals surface area contributed by atoms with Crippen LogP contribution in [0.5, 0.6) is 5.75 Å². The quantitative estimate of drug-likeness (QED) is 0.764. The highest BCUT2D eigenvalue weighted by Gasteiger charge is 2.15. The molecule has 122 valence electrons. The molecule has 0 radical (unpaired) electrons. The minimum Gasteiger partial charge on any atom is -0.489 e. The van der Waals surface area contributed by atoms with Gasteiger partial charge in [0.25, 0.3) is 5.91 Å². The van der Waals surface area contributed by atoms with Crippen molar-refractivity contribution in [1.29, 1.82) is 0 Å². The zero-order valence-corrected chi connectivity index (χ0v) is 13.8. The number of anilines is 1. The van der Waals surface area contributed by atoms with Crippen LogP contribution in [0.25, 0.3) is 0 Å². The molecule has 0 unspecified atom stereocenters. The van der Waals surface area contributed by atoms with E-state index in [0.29, 0.717) is 11.1 Å². The van der Waals surface area contributed by atoms with Crippen LogP contribution in [0.15, 0.2) is 40.9 Å². The maximum Gasteiger partial charge on any atom is 0.258 e. The summed E-state index contributed by atoms with van der Waals surface area (Å²) in [6, 6.07) is 7.75. The van der Waals surface area contributed by atoms with Gasteiger partial charge in [0.2, 0.25) is 0 Å². The Hall–Kier alpha value is -1.99. The molecule has 7 heteroatoms. The number of benzene rings is 2. The Bertz CT molecular complexity index is 710. The Morgan fingerprint density at radius 1 is 1.17 bits per heavy atom. The smallest absolute Gasteiger partial charge is 0.258 e. The molecule has 2 aromatic carbocycles. The highest BCUT2D eigenvalue weighted by molar-refractivity contribution is 9.10. The van der Waals surface area contributed by atoms with Crippen molar-refractivity contribution in [3.8, 4) is 5.75 Å². The number of carbonyl (C=O) groups excluding carboxylic acids is 1. The molecular weight excluding hydrogens is 372 g/mol. The van der Waals surface area contributed by atoms with Crippen LogP contribution in [0, 0.1) is 11.6 Å². The van der Waals surface area contributed by atoms with E-state index in [1.54, 1.807) is 6.07 Å². The summed E-state index contributed by atoms with van der Waals surface area (Å²) in [6.45, 7) is 0.573. The number of halogens is 3.